The van der Waals surface area contributed by atoms with E-state index in [1.54, 1.807) is 18.9 Å². The van der Waals surface area contributed by atoms with Crippen molar-refractivity contribution in [3.8, 4) is 0 Å². The van der Waals surface area contributed by atoms with Crippen molar-refractivity contribution in [3.63, 3.8) is 0 Å². The van der Waals surface area contributed by atoms with Crippen molar-refractivity contribution in [2.24, 2.45) is 5.73 Å². The van der Waals surface area contributed by atoms with Crippen molar-refractivity contribution < 1.29 is 9.59 Å². The van der Waals surface area contributed by atoms with Gasteiger partial charge in [0.1, 0.15) is 5.78 Å². The normalized spacial score (nSPS) is 16.4. The number of nitrogens with zero attached hydrogens (tertiary/aromatic N) is 1. The van der Waals surface area contributed by atoms with Crippen molar-refractivity contribution in [2.45, 2.75) is 32.2 Å². The molecule has 1 aromatic carbocycles. The molecule has 0 bridgehead atoms. The van der Waals surface area contributed by atoms with Gasteiger partial charge in [-0.1, -0.05) is 12.1 Å². The molecule has 1 atom stereocenters. The van der Waals surface area contributed by atoms with Gasteiger partial charge in [0.2, 0.25) is 5.91 Å². The minimum absolute atomic E-state index is 0.0903. The van der Waals surface area contributed by atoms with Crippen LogP contribution in [-0.4, -0.2) is 18.7 Å². The Labute approximate surface area is 107 Å². The number of nitrogens with two attached hydrogens (primary N) is 1. The first kappa shape index (κ1) is 12.8. The molecule has 1 aliphatic heterocycles. The van der Waals surface area contributed by atoms with Gasteiger partial charge in [-0.15, -0.1) is 0 Å². The van der Waals surface area contributed by atoms with Crippen molar-refractivity contribution in [2.75, 3.05) is 11.9 Å². The van der Waals surface area contributed by atoms with E-state index >= 15 is 0 Å². The second-order valence-electron chi connectivity index (χ2n) is 4.85. The van der Waals surface area contributed by atoms with Crippen LogP contribution in [0, 0.1) is 0 Å². The molecule has 0 radical (unpaired) electrons. The molecule has 0 fully saturated rings. The van der Waals surface area contributed by atoms with E-state index in [-0.39, 0.29) is 17.7 Å². The Morgan fingerprint density at radius 2 is 2.17 bits per heavy atom. The molecular weight excluding hydrogens is 228 g/mol. The third kappa shape index (κ3) is 2.43. The van der Waals surface area contributed by atoms with Crippen LogP contribution in [0.5, 0.6) is 0 Å². The summed E-state index contributed by atoms with van der Waals surface area (Å²) in [6.45, 7) is 1.55. The molecule has 4 nitrogen and oxygen atoms in total. The molecule has 1 aliphatic rings. The molecule has 1 heterocycles. The number of ketones is 1. The molecule has 1 amide bonds. The van der Waals surface area contributed by atoms with Crippen LogP contribution in [0.4, 0.5) is 5.69 Å². The minimum Gasteiger partial charge on any atom is -0.324 e. The molecule has 96 valence electrons. The van der Waals surface area contributed by atoms with E-state index in [1.807, 2.05) is 18.2 Å². The maximum atomic E-state index is 11.6. The van der Waals surface area contributed by atoms with E-state index in [4.69, 9.17) is 5.73 Å². The SMILES string of the molecule is CC(=O)CC(N)c1ccc2c(c1)CCC(=O)N2C. The summed E-state index contributed by atoms with van der Waals surface area (Å²) in [6.07, 6.45) is 1.64. The Balaban J connectivity index is 2.28. The van der Waals surface area contributed by atoms with Crippen LogP contribution in [0.3, 0.4) is 0 Å². The number of rotatable bonds is 3. The zero-order chi connectivity index (χ0) is 13.3. The van der Waals surface area contributed by atoms with Crippen molar-refractivity contribution in [3.05, 3.63) is 29.3 Å². The van der Waals surface area contributed by atoms with Gasteiger partial charge in [-0.2, -0.15) is 0 Å². The lowest BCUT2D eigenvalue weighted by Crippen LogP contribution is -2.31. The Hall–Kier alpha value is -1.68. The van der Waals surface area contributed by atoms with Gasteiger partial charge in [0.15, 0.2) is 0 Å². The quantitative estimate of drug-likeness (QED) is 0.880. The number of fused-ring (bicyclic) bond motifs is 1. The summed E-state index contributed by atoms with van der Waals surface area (Å²) in [7, 11) is 1.79. The van der Waals surface area contributed by atoms with Gasteiger partial charge in [-0.05, 0) is 30.5 Å². The molecule has 4 heteroatoms. The number of carbonyl (C=O) groups is 2. The lowest BCUT2D eigenvalue weighted by molar-refractivity contribution is -0.119. The highest BCUT2D eigenvalue weighted by Crippen LogP contribution is 2.29. The van der Waals surface area contributed by atoms with Gasteiger partial charge in [0, 0.05) is 31.6 Å². The van der Waals surface area contributed by atoms with Gasteiger partial charge < -0.3 is 10.6 Å². The number of Topliss-reactive ketones (excluding diaryl/α,β-unsaturated/α-hetero) is 1. The molecule has 1 unspecified atom stereocenters. The van der Waals surface area contributed by atoms with E-state index in [1.165, 1.54) is 0 Å². The predicted octanol–water partition coefficient (Wildman–Crippen LogP) is 1.57. The summed E-state index contributed by atoms with van der Waals surface area (Å²) >= 11 is 0. The van der Waals surface area contributed by atoms with E-state index in [0.29, 0.717) is 12.8 Å². The fourth-order valence-corrected chi connectivity index (χ4v) is 2.33. The highest BCUT2D eigenvalue weighted by atomic mass is 16.2. The number of benzene rings is 1. The number of amides is 1. The number of carbonyl (C=O) groups excluding carboxylic acids is 2. The zero-order valence-electron chi connectivity index (χ0n) is 10.8. The average Bonchev–Trinajstić information content (AvgIpc) is 2.32. The summed E-state index contributed by atoms with van der Waals surface area (Å²) in [4.78, 5) is 24.3. The molecule has 18 heavy (non-hydrogen) atoms. The topological polar surface area (TPSA) is 63.4 Å². The van der Waals surface area contributed by atoms with Crippen molar-refractivity contribution >= 4 is 17.4 Å². The molecule has 0 aliphatic carbocycles. The molecule has 0 saturated carbocycles. The average molecular weight is 246 g/mol. The number of hydrogen-bond donors (Lipinski definition) is 1. The third-order valence-corrected chi connectivity index (χ3v) is 3.38. The van der Waals surface area contributed by atoms with Gasteiger partial charge in [-0.25, -0.2) is 0 Å². The lowest BCUT2D eigenvalue weighted by atomic mass is 9.95. The second kappa shape index (κ2) is 4.90. The largest absolute Gasteiger partial charge is 0.324 e. The molecule has 2 N–H and O–H groups in total. The number of aryl methyl sites for hydroxylation is 1. The summed E-state index contributed by atoms with van der Waals surface area (Å²) in [5.41, 5.74) is 9.04. The molecule has 0 saturated heterocycles. The smallest absolute Gasteiger partial charge is 0.227 e. The predicted molar refractivity (Wildman–Crippen MR) is 70.4 cm³/mol. The van der Waals surface area contributed by atoms with Crippen LogP contribution in [-0.2, 0) is 16.0 Å². The highest BCUT2D eigenvalue weighted by Gasteiger charge is 2.21. The second-order valence-corrected chi connectivity index (χ2v) is 4.85. The Morgan fingerprint density at radius 1 is 1.44 bits per heavy atom. The Kier molecular flexibility index (Phi) is 3.48. The van der Waals surface area contributed by atoms with Gasteiger partial charge >= 0.3 is 0 Å². The van der Waals surface area contributed by atoms with E-state index < -0.39 is 0 Å². The van der Waals surface area contributed by atoms with E-state index in [2.05, 4.69) is 0 Å². The van der Waals surface area contributed by atoms with E-state index in [9.17, 15) is 9.59 Å². The van der Waals surface area contributed by atoms with E-state index in [0.717, 1.165) is 23.2 Å². The first-order chi connectivity index (χ1) is 8.49. The zero-order valence-corrected chi connectivity index (χ0v) is 10.8. The summed E-state index contributed by atoms with van der Waals surface area (Å²) in [5, 5.41) is 0. The number of anilines is 1. The van der Waals surface area contributed by atoms with Crippen LogP contribution >= 0.6 is 0 Å². The third-order valence-electron chi connectivity index (χ3n) is 3.38. The maximum absolute atomic E-state index is 11.6. The van der Waals surface area contributed by atoms with Gasteiger partial charge in [0.25, 0.3) is 0 Å². The van der Waals surface area contributed by atoms with Gasteiger partial charge in [0.05, 0.1) is 0 Å². The first-order valence-corrected chi connectivity index (χ1v) is 6.13. The van der Waals surface area contributed by atoms with Crippen LogP contribution in [0.2, 0.25) is 0 Å². The Bertz CT molecular complexity index is 497. The fourth-order valence-electron chi connectivity index (χ4n) is 2.33. The molecule has 1 aromatic rings. The van der Waals surface area contributed by atoms with Crippen molar-refractivity contribution in [1.82, 2.24) is 0 Å². The van der Waals surface area contributed by atoms with Crippen LogP contribution in [0.25, 0.3) is 0 Å². The first-order valence-electron chi connectivity index (χ1n) is 6.13. The fraction of sp³-hybridized carbons (Fsp3) is 0.429. The standard InChI is InChI=1S/C14H18N2O2/c1-9(17)7-12(15)10-3-5-13-11(8-10)4-6-14(18)16(13)2/h3,5,8,12H,4,6-7,15H2,1-2H3. The molecule has 0 aromatic heterocycles. The molecule has 0 spiro atoms. The summed E-state index contributed by atoms with van der Waals surface area (Å²) < 4.78 is 0. The monoisotopic (exact) mass is 246 g/mol. The molecular formula is C14H18N2O2. The maximum Gasteiger partial charge on any atom is 0.227 e. The van der Waals surface area contributed by atoms with Crippen LogP contribution in [0.15, 0.2) is 18.2 Å². The van der Waals surface area contributed by atoms with Crippen LogP contribution < -0.4 is 10.6 Å². The Morgan fingerprint density at radius 3 is 2.83 bits per heavy atom. The number of hydrogen-bond acceptors (Lipinski definition) is 3. The lowest BCUT2D eigenvalue weighted by Gasteiger charge is -2.26. The summed E-state index contributed by atoms with van der Waals surface area (Å²) in [6, 6.07) is 5.59. The molecule has 2 rings (SSSR count). The van der Waals surface area contributed by atoms with Crippen molar-refractivity contribution in [1.29, 1.82) is 0 Å². The minimum atomic E-state index is -0.254. The van der Waals surface area contributed by atoms with Gasteiger partial charge in [-0.3, -0.25) is 9.59 Å². The summed E-state index contributed by atoms with van der Waals surface area (Å²) in [5.74, 6) is 0.232. The highest BCUT2D eigenvalue weighted by molar-refractivity contribution is 5.95. The van der Waals surface area contributed by atoms with Crippen LogP contribution in [0.1, 0.15) is 36.9 Å².